The number of rotatable bonds is 10. The summed E-state index contributed by atoms with van der Waals surface area (Å²) in [5.74, 6) is -0.0969. The van der Waals surface area contributed by atoms with Crippen LogP contribution in [-0.2, 0) is 16.0 Å². The smallest absolute Gasteiger partial charge is 0.245 e. The molecule has 2 atom stereocenters. The van der Waals surface area contributed by atoms with Crippen LogP contribution < -0.4 is 22.1 Å². The number of benzene rings is 2. The van der Waals surface area contributed by atoms with E-state index in [1.54, 1.807) is 18.2 Å². The monoisotopic (exact) mass is 532 g/mol. The Labute approximate surface area is 230 Å². The van der Waals surface area contributed by atoms with Gasteiger partial charge < -0.3 is 16.8 Å². The Morgan fingerprint density at radius 3 is 2.49 bits per heavy atom. The van der Waals surface area contributed by atoms with Crippen LogP contribution in [0.5, 0.6) is 0 Å². The van der Waals surface area contributed by atoms with Crippen molar-refractivity contribution >= 4 is 23.6 Å². The summed E-state index contributed by atoms with van der Waals surface area (Å²) in [5.41, 5.74) is 23.5. The van der Waals surface area contributed by atoms with Crippen molar-refractivity contribution in [3.8, 4) is 0 Å². The lowest BCUT2D eigenvalue weighted by Crippen LogP contribution is -2.42. The number of nitrogens with two attached hydrogens (primary N) is 2. The number of carbonyl (C=O) groups is 2. The van der Waals surface area contributed by atoms with E-state index in [4.69, 9.17) is 17.0 Å². The molecule has 1 saturated carbocycles. The summed E-state index contributed by atoms with van der Waals surface area (Å²) in [7, 11) is 0. The standard InChI is InChI=1S/C29H40N8O2/c1-18-12-13-22(14-19(18)2)16-26(38)35-29(31)34-25(15-21-8-5-4-6-9-21)28(39)33-20(3)23-10-7-11-24(17-23)27(30)36-37-32/h7,10-14,17,20-21,25H,4-6,8-9,15-16H2,1-3H3,(H,33,39)(H3,30,32,36)(H3,31,34,35,38). The summed E-state index contributed by atoms with van der Waals surface area (Å²) in [4.78, 5) is 30.6. The molecular formula is C29H40N8O2. The molecule has 2 aromatic rings. The van der Waals surface area contributed by atoms with Crippen molar-refractivity contribution in [2.24, 2.45) is 32.7 Å². The van der Waals surface area contributed by atoms with Crippen LogP contribution in [0, 0.1) is 25.3 Å². The van der Waals surface area contributed by atoms with Gasteiger partial charge in [0.1, 0.15) is 6.04 Å². The third-order valence-electron chi connectivity index (χ3n) is 7.28. The van der Waals surface area contributed by atoms with E-state index in [9.17, 15) is 9.59 Å². The number of carbonyl (C=O) groups excluding carboxylic acids is 2. The maximum absolute atomic E-state index is 13.4. The molecule has 0 aromatic heterocycles. The zero-order valence-electron chi connectivity index (χ0n) is 23.0. The first-order valence-corrected chi connectivity index (χ1v) is 13.5. The van der Waals surface area contributed by atoms with E-state index < -0.39 is 6.04 Å². The molecule has 0 bridgehead atoms. The molecule has 0 spiro atoms. The first kappa shape index (κ1) is 29.5. The van der Waals surface area contributed by atoms with E-state index in [2.05, 4.69) is 26.0 Å². The van der Waals surface area contributed by atoms with Crippen molar-refractivity contribution in [2.75, 3.05) is 0 Å². The predicted molar refractivity (Wildman–Crippen MR) is 153 cm³/mol. The van der Waals surface area contributed by atoms with Gasteiger partial charge in [-0.05, 0) is 61.4 Å². The van der Waals surface area contributed by atoms with Crippen LogP contribution in [0.2, 0.25) is 0 Å². The summed E-state index contributed by atoms with van der Waals surface area (Å²) < 4.78 is 0. The normalized spacial score (nSPS) is 16.3. The molecule has 7 N–H and O–H groups in total. The van der Waals surface area contributed by atoms with Gasteiger partial charge in [0.15, 0.2) is 11.8 Å². The van der Waals surface area contributed by atoms with Crippen molar-refractivity contribution in [2.45, 2.75) is 77.8 Å². The lowest BCUT2D eigenvalue weighted by Gasteiger charge is -2.25. The van der Waals surface area contributed by atoms with Crippen LogP contribution in [0.3, 0.4) is 0 Å². The minimum absolute atomic E-state index is 0.0578. The fourth-order valence-corrected chi connectivity index (χ4v) is 4.91. The average molecular weight is 533 g/mol. The number of aliphatic imine (C=N–C) groups is 1. The highest BCUT2D eigenvalue weighted by atomic mass is 16.2. The van der Waals surface area contributed by atoms with Crippen molar-refractivity contribution < 1.29 is 9.59 Å². The van der Waals surface area contributed by atoms with Crippen LogP contribution in [0.1, 0.15) is 79.3 Å². The highest BCUT2D eigenvalue weighted by molar-refractivity contribution is 5.98. The van der Waals surface area contributed by atoms with Gasteiger partial charge in [-0.2, -0.15) is 5.53 Å². The Balaban J connectivity index is 1.72. The third-order valence-corrected chi connectivity index (χ3v) is 7.28. The summed E-state index contributed by atoms with van der Waals surface area (Å²) in [5, 5.41) is 12.2. The number of amidine groups is 1. The van der Waals surface area contributed by atoms with Gasteiger partial charge in [-0.1, -0.05) is 73.7 Å². The van der Waals surface area contributed by atoms with Gasteiger partial charge in [-0.25, -0.2) is 4.99 Å². The number of nitrogens with one attached hydrogen (secondary N) is 3. The van der Waals surface area contributed by atoms with Gasteiger partial charge in [0, 0.05) is 5.56 Å². The van der Waals surface area contributed by atoms with E-state index in [1.165, 1.54) is 6.42 Å². The lowest BCUT2D eigenvalue weighted by molar-refractivity contribution is -0.123. The summed E-state index contributed by atoms with van der Waals surface area (Å²) in [6, 6.07) is 12.1. The summed E-state index contributed by atoms with van der Waals surface area (Å²) in [6.45, 7) is 5.90. The Morgan fingerprint density at radius 1 is 1.05 bits per heavy atom. The molecule has 2 unspecified atom stereocenters. The van der Waals surface area contributed by atoms with Gasteiger partial charge in [0.05, 0.1) is 12.5 Å². The number of aryl methyl sites for hydroxylation is 2. The topological polar surface area (TPSA) is 171 Å². The molecule has 0 saturated heterocycles. The van der Waals surface area contributed by atoms with Crippen molar-refractivity contribution in [3.05, 3.63) is 70.3 Å². The van der Waals surface area contributed by atoms with Crippen LogP contribution in [-0.4, -0.2) is 29.7 Å². The average Bonchev–Trinajstić information content (AvgIpc) is 2.91. The van der Waals surface area contributed by atoms with Crippen molar-refractivity contribution in [3.63, 3.8) is 0 Å². The number of nitrogens with zero attached hydrogens (tertiary/aromatic N) is 3. The Morgan fingerprint density at radius 2 is 1.79 bits per heavy atom. The lowest BCUT2D eigenvalue weighted by atomic mass is 9.84. The Kier molecular flexibility index (Phi) is 10.7. The van der Waals surface area contributed by atoms with Crippen LogP contribution >= 0.6 is 0 Å². The van der Waals surface area contributed by atoms with Gasteiger partial charge in [-0.15, -0.1) is 5.10 Å². The maximum Gasteiger partial charge on any atom is 0.245 e. The number of amides is 2. The molecule has 2 aromatic carbocycles. The van der Waals surface area contributed by atoms with Gasteiger partial charge in [-0.3, -0.25) is 14.9 Å². The molecule has 0 aliphatic heterocycles. The van der Waals surface area contributed by atoms with Crippen molar-refractivity contribution in [1.82, 2.24) is 10.6 Å². The van der Waals surface area contributed by atoms with Crippen molar-refractivity contribution in [1.29, 1.82) is 5.53 Å². The number of hydrogen-bond donors (Lipinski definition) is 5. The van der Waals surface area contributed by atoms with Crippen LogP contribution in [0.25, 0.3) is 0 Å². The molecule has 0 heterocycles. The molecule has 3 rings (SSSR count). The summed E-state index contributed by atoms with van der Waals surface area (Å²) >= 11 is 0. The maximum atomic E-state index is 13.4. The van der Waals surface area contributed by atoms with E-state index in [-0.39, 0.29) is 36.1 Å². The summed E-state index contributed by atoms with van der Waals surface area (Å²) in [6.07, 6.45) is 6.33. The van der Waals surface area contributed by atoms with Gasteiger partial charge in [0.2, 0.25) is 11.8 Å². The zero-order chi connectivity index (χ0) is 28.4. The molecule has 208 valence electrons. The SMILES string of the molecule is Cc1ccc(CC(=O)NC(N)=NC(CC2CCCCC2)C(=O)NC(C)c2cccc(C(N)=NN=N)c2)cc1C. The fraction of sp³-hybridized carbons (Fsp3) is 0.448. The van der Waals surface area contributed by atoms with E-state index in [1.807, 2.05) is 45.0 Å². The number of guanidine groups is 1. The van der Waals surface area contributed by atoms with Gasteiger partial charge >= 0.3 is 0 Å². The zero-order valence-corrected chi connectivity index (χ0v) is 23.0. The minimum atomic E-state index is -0.727. The number of hydrogen-bond acceptors (Lipinski definition) is 5. The minimum Gasteiger partial charge on any atom is -0.382 e. The first-order chi connectivity index (χ1) is 18.7. The molecule has 1 aliphatic rings. The van der Waals surface area contributed by atoms with E-state index in [0.717, 1.165) is 47.9 Å². The molecular weight excluding hydrogens is 492 g/mol. The van der Waals surface area contributed by atoms with Crippen LogP contribution in [0.4, 0.5) is 0 Å². The largest absolute Gasteiger partial charge is 0.382 e. The Bertz CT molecular complexity index is 1230. The van der Waals surface area contributed by atoms with E-state index >= 15 is 0 Å². The third kappa shape index (κ3) is 9.01. The molecule has 0 radical (unpaired) electrons. The second-order valence-corrected chi connectivity index (χ2v) is 10.4. The predicted octanol–water partition coefficient (Wildman–Crippen LogP) is 4.14. The molecule has 1 aliphatic carbocycles. The first-order valence-electron chi connectivity index (χ1n) is 13.5. The quantitative estimate of drug-likeness (QED) is 0.134. The Hall–Kier alpha value is -4.08. The highest BCUT2D eigenvalue weighted by Gasteiger charge is 2.26. The fourth-order valence-electron chi connectivity index (χ4n) is 4.91. The molecule has 10 nitrogen and oxygen atoms in total. The highest BCUT2D eigenvalue weighted by Crippen LogP contribution is 2.28. The molecule has 39 heavy (non-hydrogen) atoms. The van der Waals surface area contributed by atoms with Crippen LogP contribution in [0.15, 0.2) is 57.8 Å². The molecule has 2 amide bonds. The molecule has 10 heteroatoms. The van der Waals surface area contributed by atoms with E-state index in [0.29, 0.717) is 17.9 Å². The second-order valence-electron chi connectivity index (χ2n) is 10.4. The molecule has 1 fully saturated rings. The van der Waals surface area contributed by atoms with Gasteiger partial charge in [0.25, 0.3) is 0 Å². The second kappa shape index (κ2) is 14.2.